The van der Waals surface area contributed by atoms with Crippen molar-refractivity contribution in [2.75, 3.05) is 0 Å². The second-order valence-corrected chi connectivity index (χ2v) is 5.50. The van der Waals surface area contributed by atoms with Gasteiger partial charge in [0.2, 0.25) is 0 Å². The molecule has 6 nitrogen and oxygen atoms in total. The fourth-order valence-electron chi connectivity index (χ4n) is 1.60. The average molecular weight is 290 g/mol. The summed E-state index contributed by atoms with van der Waals surface area (Å²) in [4.78, 5) is 26.4. The number of carbonyl (C=O) groups is 2. The summed E-state index contributed by atoms with van der Waals surface area (Å²) in [6, 6.07) is 8.53. The van der Waals surface area contributed by atoms with Crippen LogP contribution in [0.1, 0.15) is 38.9 Å². The van der Waals surface area contributed by atoms with Gasteiger partial charge in [-0.15, -0.1) is 0 Å². The number of ketones is 1. The van der Waals surface area contributed by atoms with E-state index in [0.29, 0.717) is 5.56 Å². The van der Waals surface area contributed by atoms with Crippen LogP contribution in [0.15, 0.2) is 30.3 Å². The van der Waals surface area contributed by atoms with Crippen LogP contribution in [0.4, 0.5) is 0 Å². The monoisotopic (exact) mass is 290 g/mol. The Hall–Kier alpha value is -2.30. The first-order valence-electron chi connectivity index (χ1n) is 6.46. The van der Waals surface area contributed by atoms with Crippen LogP contribution in [0.5, 0.6) is 0 Å². The van der Waals surface area contributed by atoms with Crippen LogP contribution >= 0.6 is 0 Å². The second kappa shape index (κ2) is 6.92. The van der Waals surface area contributed by atoms with Crippen molar-refractivity contribution < 1.29 is 24.2 Å². The lowest BCUT2D eigenvalue weighted by molar-refractivity contribution is -0.152. The SMILES string of the molecule is CC(C)(C)OC(=O)C(=[N+]=[N-])C(=O)CC(O)c1ccccc1. The number of carbonyl (C=O) groups excluding carboxylic acids is 2. The summed E-state index contributed by atoms with van der Waals surface area (Å²) in [6.07, 6.45) is -1.46. The fraction of sp³-hybridized carbons (Fsp3) is 0.400. The normalized spacial score (nSPS) is 12.2. The fourth-order valence-corrected chi connectivity index (χ4v) is 1.60. The zero-order chi connectivity index (χ0) is 16.0. The molecule has 0 aliphatic heterocycles. The number of esters is 1. The molecule has 6 heteroatoms. The highest BCUT2D eigenvalue weighted by atomic mass is 16.6. The highest BCUT2D eigenvalue weighted by Crippen LogP contribution is 2.17. The number of ether oxygens (including phenoxy) is 1. The maximum Gasteiger partial charge on any atom is 0.441 e. The van der Waals surface area contributed by atoms with Gasteiger partial charge < -0.3 is 15.4 Å². The highest BCUT2D eigenvalue weighted by Gasteiger charge is 2.35. The minimum Gasteiger partial charge on any atom is -0.451 e. The quantitative estimate of drug-likeness (QED) is 0.293. The molecule has 1 aromatic rings. The summed E-state index contributed by atoms with van der Waals surface area (Å²) in [6.45, 7) is 4.88. The van der Waals surface area contributed by atoms with E-state index in [1.165, 1.54) is 0 Å². The molecule has 1 N–H and O–H groups in total. The number of hydrogen-bond acceptors (Lipinski definition) is 4. The Bertz CT molecular complexity index is 569. The molecule has 1 rings (SSSR count). The van der Waals surface area contributed by atoms with Gasteiger partial charge in [-0.05, 0) is 26.3 Å². The van der Waals surface area contributed by atoms with Crippen LogP contribution in [-0.2, 0) is 14.3 Å². The number of Topliss-reactive ketones (excluding diaryl/α,β-unsaturated/α-hetero) is 1. The van der Waals surface area contributed by atoms with Crippen molar-refractivity contribution in [2.24, 2.45) is 0 Å². The summed E-state index contributed by atoms with van der Waals surface area (Å²) in [5.74, 6) is -1.81. The van der Waals surface area contributed by atoms with Gasteiger partial charge in [0, 0.05) is 6.42 Å². The molecular weight excluding hydrogens is 272 g/mol. The molecular formula is C15H18N2O4. The van der Waals surface area contributed by atoms with E-state index in [1.54, 1.807) is 51.1 Å². The topological polar surface area (TPSA) is 100 Å². The van der Waals surface area contributed by atoms with Crippen LogP contribution in [0.25, 0.3) is 5.53 Å². The number of benzene rings is 1. The van der Waals surface area contributed by atoms with E-state index in [9.17, 15) is 14.7 Å². The molecule has 0 fully saturated rings. The third-order valence-electron chi connectivity index (χ3n) is 2.52. The zero-order valence-corrected chi connectivity index (χ0v) is 12.2. The van der Waals surface area contributed by atoms with Crippen molar-refractivity contribution in [3.8, 4) is 0 Å². The van der Waals surface area contributed by atoms with Gasteiger partial charge in [-0.2, -0.15) is 4.79 Å². The third kappa shape index (κ3) is 5.30. The molecule has 1 unspecified atom stereocenters. The number of aliphatic hydroxyl groups is 1. The lowest BCUT2D eigenvalue weighted by Crippen LogP contribution is -2.34. The van der Waals surface area contributed by atoms with Crippen molar-refractivity contribution in [1.82, 2.24) is 0 Å². The summed E-state index contributed by atoms with van der Waals surface area (Å²) >= 11 is 0. The maximum absolute atomic E-state index is 11.9. The minimum absolute atomic E-state index is 0.372. The van der Waals surface area contributed by atoms with Gasteiger partial charge in [0.05, 0.1) is 6.10 Å². The molecule has 1 atom stereocenters. The van der Waals surface area contributed by atoms with E-state index in [0.717, 1.165) is 0 Å². The molecule has 0 aliphatic rings. The highest BCUT2D eigenvalue weighted by molar-refractivity contribution is 6.62. The van der Waals surface area contributed by atoms with Crippen molar-refractivity contribution in [3.05, 3.63) is 41.4 Å². The summed E-state index contributed by atoms with van der Waals surface area (Å²) in [5, 5.41) is 9.94. The largest absolute Gasteiger partial charge is 0.451 e. The lowest BCUT2D eigenvalue weighted by Gasteiger charge is -2.17. The third-order valence-corrected chi connectivity index (χ3v) is 2.52. The first kappa shape index (κ1) is 16.8. The van der Waals surface area contributed by atoms with Gasteiger partial charge in [-0.1, -0.05) is 30.3 Å². The molecule has 1 aromatic carbocycles. The zero-order valence-electron chi connectivity index (χ0n) is 12.2. The van der Waals surface area contributed by atoms with Crippen molar-refractivity contribution in [2.45, 2.75) is 38.9 Å². The van der Waals surface area contributed by atoms with E-state index >= 15 is 0 Å². The van der Waals surface area contributed by atoms with E-state index < -0.39 is 29.2 Å². The average Bonchev–Trinajstić information content (AvgIpc) is 2.38. The van der Waals surface area contributed by atoms with Crippen LogP contribution in [0.2, 0.25) is 0 Å². The molecule has 0 bridgehead atoms. The molecule has 0 saturated carbocycles. The van der Waals surface area contributed by atoms with E-state index in [1.807, 2.05) is 0 Å². The number of nitrogens with zero attached hydrogens (tertiary/aromatic N) is 2. The van der Waals surface area contributed by atoms with E-state index in [2.05, 4.69) is 4.79 Å². The standard InChI is InChI=1S/C15H18N2O4/c1-15(2,3)21-14(20)13(17-16)12(19)9-11(18)10-7-5-4-6-8-10/h4-8,11,18H,9H2,1-3H3. The Kier molecular flexibility index (Phi) is 5.52. The number of hydrogen-bond donors (Lipinski definition) is 1. The Morgan fingerprint density at radius 3 is 2.33 bits per heavy atom. The lowest BCUT2D eigenvalue weighted by atomic mass is 10.0. The minimum atomic E-state index is -1.09. The van der Waals surface area contributed by atoms with Gasteiger partial charge in [-0.3, -0.25) is 4.79 Å². The van der Waals surface area contributed by atoms with Gasteiger partial charge in [-0.25, -0.2) is 4.79 Å². The van der Waals surface area contributed by atoms with Crippen LogP contribution in [0, 0.1) is 0 Å². The molecule has 0 heterocycles. The van der Waals surface area contributed by atoms with Crippen LogP contribution in [0.3, 0.4) is 0 Å². The van der Waals surface area contributed by atoms with E-state index in [-0.39, 0.29) is 6.42 Å². The maximum atomic E-state index is 11.9. The smallest absolute Gasteiger partial charge is 0.441 e. The summed E-state index contributed by atoms with van der Waals surface area (Å²) < 4.78 is 4.97. The van der Waals surface area contributed by atoms with Crippen molar-refractivity contribution in [3.63, 3.8) is 0 Å². The second-order valence-electron chi connectivity index (χ2n) is 5.50. The molecule has 0 aliphatic carbocycles. The molecule has 21 heavy (non-hydrogen) atoms. The van der Waals surface area contributed by atoms with Crippen LogP contribution < -0.4 is 0 Å². The first-order valence-corrected chi connectivity index (χ1v) is 6.46. The molecule has 0 amide bonds. The molecule has 112 valence electrons. The molecule has 0 spiro atoms. The Balaban J connectivity index is 2.77. The van der Waals surface area contributed by atoms with Crippen molar-refractivity contribution >= 4 is 17.5 Å². The molecule has 0 aromatic heterocycles. The molecule has 0 radical (unpaired) electrons. The van der Waals surface area contributed by atoms with Gasteiger partial charge in [0.1, 0.15) is 5.60 Å². The molecule has 0 saturated heterocycles. The van der Waals surface area contributed by atoms with Gasteiger partial charge in [0.15, 0.2) is 0 Å². The number of aliphatic hydroxyl groups excluding tert-OH is 1. The summed E-state index contributed by atoms with van der Waals surface area (Å²) in [7, 11) is 0. The number of rotatable bonds is 5. The van der Waals surface area contributed by atoms with Gasteiger partial charge >= 0.3 is 11.7 Å². The predicted octanol–water partition coefficient (Wildman–Crippen LogP) is 1.69. The Labute approximate surface area is 123 Å². The summed E-state index contributed by atoms with van der Waals surface area (Å²) in [5.41, 5.74) is 7.83. The van der Waals surface area contributed by atoms with Crippen LogP contribution in [-0.4, -0.2) is 33.0 Å². The Morgan fingerprint density at radius 2 is 1.86 bits per heavy atom. The van der Waals surface area contributed by atoms with E-state index in [4.69, 9.17) is 10.3 Å². The first-order chi connectivity index (χ1) is 9.74. The predicted molar refractivity (Wildman–Crippen MR) is 75.5 cm³/mol. The van der Waals surface area contributed by atoms with Gasteiger partial charge in [0.25, 0.3) is 5.78 Å². The van der Waals surface area contributed by atoms with Crippen molar-refractivity contribution in [1.29, 1.82) is 0 Å². The Morgan fingerprint density at radius 1 is 1.29 bits per heavy atom.